The molecule has 202 valence electrons. The first-order valence-electron chi connectivity index (χ1n) is 13.2. The number of nitrogens with one attached hydrogen (secondary N) is 2. The molecule has 0 radical (unpaired) electrons. The predicted octanol–water partition coefficient (Wildman–Crippen LogP) is 4.24. The van der Waals surface area contributed by atoms with Crippen LogP contribution in [0.2, 0.25) is 0 Å². The highest BCUT2D eigenvalue weighted by molar-refractivity contribution is 6.00. The van der Waals surface area contributed by atoms with Gasteiger partial charge in [0.15, 0.2) is 5.60 Å². The highest BCUT2D eigenvalue weighted by Gasteiger charge is 2.53. The number of ether oxygens (including phenoxy) is 2. The molecular weight excluding hydrogens is 496 g/mol. The Kier molecular flexibility index (Phi) is 7.40. The zero-order chi connectivity index (χ0) is 27.4. The number of carbonyl (C=O) groups is 3. The van der Waals surface area contributed by atoms with Gasteiger partial charge in [0.05, 0.1) is 5.56 Å². The van der Waals surface area contributed by atoms with Gasteiger partial charge in [-0.05, 0) is 55.3 Å². The molecule has 0 saturated carbocycles. The second-order valence-electron chi connectivity index (χ2n) is 9.89. The summed E-state index contributed by atoms with van der Waals surface area (Å²) in [5.41, 5.74) is 14.4. The van der Waals surface area contributed by atoms with Crippen LogP contribution in [0.1, 0.15) is 75.9 Å². The van der Waals surface area contributed by atoms with Crippen molar-refractivity contribution in [3.05, 3.63) is 82.4 Å². The van der Waals surface area contributed by atoms with E-state index >= 15 is 0 Å². The first kappa shape index (κ1) is 26.1. The first-order chi connectivity index (χ1) is 18.9. The van der Waals surface area contributed by atoms with Gasteiger partial charge >= 0.3 is 5.97 Å². The lowest BCUT2D eigenvalue weighted by Gasteiger charge is -2.36. The zero-order valence-electron chi connectivity index (χ0n) is 21.6. The highest BCUT2D eigenvalue weighted by atomic mass is 16.6. The van der Waals surface area contributed by atoms with Crippen molar-refractivity contribution < 1.29 is 23.9 Å². The van der Waals surface area contributed by atoms with Crippen molar-refractivity contribution >= 4 is 29.7 Å². The van der Waals surface area contributed by atoms with Gasteiger partial charge in [0, 0.05) is 58.9 Å². The number of hydrogen-bond donors (Lipinski definition) is 4. The molecule has 5 rings (SSSR count). The largest absolute Gasteiger partial charge is 0.456 e. The summed E-state index contributed by atoms with van der Waals surface area (Å²) < 4.78 is 12.3. The van der Waals surface area contributed by atoms with E-state index in [9.17, 15) is 14.4 Å². The fourth-order valence-corrected chi connectivity index (χ4v) is 5.32. The number of rotatable bonds is 11. The molecule has 2 aliphatic rings. The number of hydrogen-bond acceptors (Lipinski definition) is 7. The molecule has 2 amide bonds. The van der Waals surface area contributed by atoms with Crippen LogP contribution >= 0.6 is 0 Å². The summed E-state index contributed by atoms with van der Waals surface area (Å²) in [4.78, 5) is 36.5. The lowest BCUT2D eigenvalue weighted by Crippen LogP contribution is -2.33. The van der Waals surface area contributed by atoms with Crippen LogP contribution in [0.3, 0.4) is 0 Å². The van der Waals surface area contributed by atoms with Crippen LogP contribution in [0.25, 0.3) is 0 Å². The maximum Gasteiger partial charge on any atom is 0.340 e. The number of amides is 2. The molecule has 9 heteroatoms. The van der Waals surface area contributed by atoms with Crippen molar-refractivity contribution in [3.63, 3.8) is 0 Å². The van der Waals surface area contributed by atoms with E-state index in [-0.39, 0.29) is 5.91 Å². The molecule has 2 aliphatic heterocycles. The summed E-state index contributed by atoms with van der Waals surface area (Å²) >= 11 is 0. The number of nitrogens with two attached hydrogens (primary N) is 2. The van der Waals surface area contributed by atoms with Gasteiger partial charge < -0.3 is 31.6 Å². The monoisotopic (exact) mass is 528 g/mol. The molecule has 0 saturated heterocycles. The fourth-order valence-electron chi connectivity index (χ4n) is 5.32. The summed E-state index contributed by atoms with van der Waals surface area (Å²) in [7, 11) is 0. The minimum absolute atomic E-state index is 0.214. The van der Waals surface area contributed by atoms with Crippen LogP contribution < -0.4 is 26.8 Å². The number of fused-ring (bicyclic) bond motifs is 6. The minimum atomic E-state index is -1.30. The second kappa shape index (κ2) is 11.1. The molecule has 1 spiro atoms. The number of carbonyl (C=O) groups excluding carboxylic acids is 3. The molecule has 0 aliphatic carbocycles. The molecular formula is C30H32N4O5. The van der Waals surface area contributed by atoms with E-state index in [0.29, 0.717) is 63.8 Å². The molecule has 0 aromatic heterocycles. The van der Waals surface area contributed by atoms with Crippen LogP contribution in [0, 0.1) is 0 Å². The Morgan fingerprint density at radius 1 is 0.795 bits per heavy atom. The normalized spacial score (nSPS) is 14.0. The molecule has 0 fully saturated rings. The van der Waals surface area contributed by atoms with Crippen molar-refractivity contribution in [2.24, 2.45) is 0 Å². The summed E-state index contributed by atoms with van der Waals surface area (Å²) in [6, 6.07) is 15.4. The Morgan fingerprint density at radius 2 is 1.41 bits per heavy atom. The lowest BCUT2D eigenvalue weighted by atomic mass is 9.77. The summed E-state index contributed by atoms with van der Waals surface area (Å²) in [6.45, 7) is 1.27. The van der Waals surface area contributed by atoms with Gasteiger partial charge in [0.1, 0.15) is 11.5 Å². The topological polar surface area (TPSA) is 146 Å². The van der Waals surface area contributed by atoms with E-state index in [0.717, 1.165) is 44.9 Å². The van der Waals surface area contributed by atoms with E-state index in [1.54, 1.807) is 54.6 Å². The van der Waals surface area contributed by atoms with Crippen LogP contribution in [-0.2, 0) is 15.1 Å². The Bertz CT molecular complexity index is 1370. The van der Waals surface area contributed by atoms with E-state index in [1.165, 1.54) is 0 Å². The summed E-state index contributed by atoms with van der Waals surface area (Å²) in [5.74, 6) is 0.230. The van der Waals surface area contributed by atoms with Gasteiger partial charge in [0.2, 0.25) is 6.41 Å². The van der Waals surface area contributed by atoms with Crippen molar-refractivity contribution in [1.82, 2.24) is 10.6 Å². The smallest absolute Gasteiger partial charge is 0.340 e. The average molecular weight is 529 g/mol. The summed E-state index contributed by atoms with van der Waals surface area (Å²) in [6.07, 6.45) is 6.83. The van der Waals surface area contributed by atoms with E-state index < -0.39 is 11.6 Å². The van der Waals surface area contributed by atoms with Crippen LogP contribution in [0.4, 0.5) is 11.4 Å². The number of anilines is 2. The van der Waals surface area contributed by atoms with E-state index in [4.69, 9.17) is 20.9 Å². The van der Waals surface area contributed by atoms with Crippen LogP contribution in [0.15, 0.2) is 54.6 Å². The minimum Gasteiger partial charge on any atom is -0.456 e. The predicted molar refractivity (Wildman–Crippen MR) is 148 cm³/mol. The van der Waals surface area contributed by atoms with E-state index in [2.05, 4.69) is 10.6 Å². The zero-order valence-corrected chi connectivity index (χ0v) is 21.6. The summed E-state index contributed by atoms with van der Waals surface area (Å²) in [5, 5.41) is 5.66. The molecule has 0 bridgehead atoms. The number of benzene rings is 3. The van der Waals surface area contributed by atoms with Crippen molar-refractivity contribution in [1.29, 1.82) is 0 Å². The van der Waals surface area contributed by atoms with Crippen molar-refractivity contribution in [2.45, 2.75) is 44.1 Å². The highest BCUT2D eigenvalue weighted by Crippen LogP contribution is 2.56. The van der Waals surface area contributed by atoms with Gasteiger partial charge in [-0.25, -0.2) is 4.79 Å². The van der Waals surface area contributed by atoms with Gasteiger partial charge in [0.25, 0.3) is 5.91 Å². The fraction of sp³-hybridized carbons (Fsp3) is 0.300. The third kappa shape index (κ3) is 4.99. The Hall–Kier alpha value is -4.53. The number of nitrogen functional groups attached to an aromatic ring is 2. The van der Waals surface area contributed by atoms with Gasteiger partial charge in [-0.1, -0.05) is 25.7 Å². The molecule has 6 N–H and O–H groups in total. The average Bonchev–Trinajstić information content (AvgIpc) is 3.21. The molecule has 39 heavy (non-hydrogen) atoms. The number of unbranched alkanes of at least 4 members (excludes halogenated alkanes) is 5. The van der Waals surface area contributed by atoms with Crippen LogP contribution in [0.5, 0.6) is 11.5 Å². The Balaban J connectivity index is 1.35. The standard InChI is InChI=1S/C30H32N4O5/c31-20-8-11-23-26(16-20)38-27-17-21(32)9-12-24(27)30(23)25-15-19(7-10-22(25)29(37)39-30)28(36)34-14-6-4-2-1-3-5-13-33-18-35/h7-12,15-18H,1-6,13-14,31-32H2,(H,33,35)(H,34,36). The quantitative estimate of drug-likeness (QED) is 0.126. The molecule has 2 heterocycles. The molecule has 0 atom stereocenters. The van der Waals surface area contributed by atoms with Crippen molar-refractivity contribution in [3.8, 4) is 11.5 Å². The third-order valence-electron chi connectivity index (χ3n) is 7.23. The van der Waals surface area contributed by atoms with Crippen LogP contribution in [-0.4, -0.2) is 31.4 Å². The second-order valence-corrected chi connectivity index (χ2v) is 9.89. The Morgan fingerprint density at radius 3 is 2.05 bits per heavy atom. The molecule has 0 unspecified atom stereocenters. The lowest BCUT2D eigenvalue weighted by molar-refractivity contribution is -0.109. The van der Waals surface area contributed by atoms with Gasteiger partial charge in [-0.2, -0.15) is 0 Å². The van der Waals surface area contributed by atoms with Crippen molar-refractivity contribution in [2.75, 3.05) is 24.6 Å². The maximum atomic E-state index is 13.1. The number of esters is 1. The SMILES string of the molecule is Nc1ccc2c(c1)Oc1cc(N)ccc1C21OC(=O)c2ccc(C(=O)NCCCCCCCCNC=O)cc21. The third-order valence-corrected chi connectivity index (χ3v) is 7.23. The van der Waals surface area contributed by atoms with E-state index in [1.807, 2.05) is 0 Å². The molecule has 3 aromatic rings. The Labute approximate surface area is 226 Å². The maximum absolute atomic E-state index is 13.1. The molecule has 3 aromatic carbocycles. The first-order valence-corrected chi connectivity index (χ1v) is 13.2. The molecule has 9 nitrogen and oxygen atoms in total. The van der Waals surface area contributed by atoms with Gasteiger partial charge in [-0.3, -0.25) is 9.59 Å². The van der Waals surface area contributed by atoms with Gasteiger partial charge in [-0.15, -0.1) is 0 Å².